The van der Waals surface area contributed by atoms with Crippen molar-refractivity contribution in [2.75, 3.05) is 5.32 Å². The number of carbonyl (C=O) groups is 2. The fourth-order valence-electron chi connectivity index (χ4n) is 2.18. The van der Waals surface area contributed by atoms with E-state index < -0.39 is 5.97 Å². The molecule has 1 rings (SSSR count). The Balaban J connectivity index is 0.00000484. The normalized spacial score (nSPS) is 11.5. The van der Waals surface area contributed by atoms with Gasteiger partial charge < -0.3 is 15.2 Å². The number of carboxylic acids is 1. The summed E-state index contributed by atoms with van der Waals surface area (Å²) < 4.78 is 2.90. The second-order valence-electron chi connectivity index (χ2n) is 4.92. The van der Waals surface area contributed by atoms with E-state index in [1.165, 1.54) is 0 Å². The number of benzene rings is 1. The van der Waals surface area contributed by atoms with Crippen molar-refractivity contribution in [2.45, 2.75) is 45.4 Å². The summed E-state index contributed by atoms with van der Waals surface area (Å²) in [6.45, 7) is 3.93. The molecule has 0 aliphatic heterocycles. The molecule has 0 aliphatic carbocycles. The molecule has 0 aliphatic rings. The second kappa shape index (κ2) is 11.9. The number of anilines is 1. The first-order valence-corrected chi connectivity index (χ1v) is 10.2. The number of hydrogen-bond acceptors (Lipinski definition) is 3. The number of carbonyl (C=O) groups excluding carboxylic acids is 2. The molecule has 0 radical (unpaired) electrons. The predicted molar refractivity (Wildman–Crippen MR) is 111 cm³/mol. The first-order valence-electron chi connectivity index (χ1n) is 6.98. The number of rotatable bonds is 7. The first kappa shape index (κ1) is 24.4. The van der Waals surface area contributed by atoms with Gasteiger partial charge in [-0.15, -0.1) is 0 Å². The van der Waals surface area contributed by atoms with Crippen LogP contribution < -0.4 is 40.0 Å². The molecule has 1 aromatic carbocycles. The summed E-state index contributed by atoms with van der Waals surface area (Å²) in [7, 11) is 0. The van der Waals surface area contributed by atoms with Crippen LogP contribution in [0.4, 0.5) is 5.69 Å². The predicted octanol–water partition coefficient (Wildman–Crippen LogP) is 0.877. The fraction of sp³-hybridized carbons (Fsp3) is 0.467. The third-order valence-electron chi connectivity index (χ3n) is 3.26. The fourth-order valence-corrected chi connectivity index (χ4v) is 6.70. The van der Waals surface area contributed by atoms with Gasteiger partial charge in [0.05, 0.1) is 5.69 Å². The zero-order valence-corrected chi connectivity index (χ0v) is 21.8. The van der Waals surface area contributed by atoms with Gasteiger partial charge in [-0.3, -0.25) is 4.79 Å². The van der Waals surface area contributed by atoms with Crippen molar-refractivity contribution in [1.29, 1.82) is 0 Å². The summed E-state index contributed by atoms with van der Waals surface area (Å²) in [5, 5.41) is 14.0. The maximum atomic E-state index is 11.9. The van der Waals surface area contributed by atoms with Crippen LogP contribution in [0.5, 0.6) is 0 Å². The van der Waals surface area contributed by atoms with E-state index in [0.717, 1.165) is 28.4 Å². The Morgan fingerprint density at radius 1 is 1.22 bits per heavy atom. The molecule has 0 bridgehead atoms. The van der Waals surface area contributed by atoms with E-state index in [1.807, 2.05) is 19.9 Å². The molecule has 0 saturated heterocycles. The summed E-state index contributed by atoms with van der Waals surface area (Å²) in [4.78, 5) is 22.9. The average Bonchev–Trinajstić information content (AvgIpc) is 2.42. The molecule has 0 aromatic heterocycles. The third kappa shape index (κ3) is 7.24. The monoisotopic (exact) mass is 663 g/mol. The van der Waals surface area contributed by atoms with Crippen LogP contribution >= 0.6 is 67.8 Å². The van der Waals surface area contributed by atoms with E-state index >= 15 is 0 Å². The van der Waals surface area contributed by atoms with E-state index in [4.69, 9.17) is 0 Å². The molecule has 1 amide bonds. The summed E-state index contributed by atoms with van der Waals surface area (Å²) in [5.41, 5.74) is 1.77. The number of nitrogens with one attached hydrogen (secondary N) is 1. The molecule has 23 heavy (non-hydrogen) atoms. The Labute approximate surface area is 200 Å². The largest absolute Gasteiger partial charge is 1.00 e. The quantitative estimate of drug-likeness (QED) is 0.349. The van der Waals surface area contributed by atoms with E-state index in [1.54, 1.807) is 0 Å². The number of halogens is 3. The van der Waals surface area contributed by atoms with Crippen molar-refractivity contribution in [2.24, 2.45) is 0 Å². The van der Waals surface area contributed by atoms with Crippen LogP contribution in [0.25, 0.3) is 0 Å². The van der Waals surface area contributed by atoms with Gasteiger partial charge in [-0.1, -0.05) is 13.8 Å². The Kier molecular flexibility index (Phi) is 12.6. The van der Waals surface area contributed by atoms with Gasteiger partial charge in [-0.25, -0.2) is 0 Å². The van der Waals surface area contributed by atoms with E-state index in [9.17, 15) is 14.7 Å². The summed E-state index contributed by atoms with van der Waals surface area (Å²) in [5.74, 6) is -1.17. The zero-order valence-electron chi connectivity index (χ0n) is 13.3. The SMILES string of the molecule is CCCC(=O)Nc1c(I)cc(I)c(C(CC)CC(=O)[O-])c1I.[Na+]. The van der Waals surface area contributed by atoms with E-state index in [2.05, 4.69) is 73.1 Å². The first-order chi connectivity index (χ1) is 10.3. The van der Waals surface area contributed by atoms with Gasteiger partial charge in [-0.2, -0.15) is 0 Å². The molecule has 1 atom stereocenters. The topological polar surface area (TPSA) is 69.2 Å². The molecular weight excluding hydrogens is 646 g/mol. The number of aliphatic carboxylic acids is 1. The van der Waals surface area contributed by atoms with Gasteiger partial charge in [0, 0.05) is 23.1 Å². The van der Waals surface area contributed by atoms with Crippen LogP contribution in [0, 0.1) is 10.7 Å². The third-order valence-corrected chi connectivity index (χ3v) is 6.12. The van der Waals surface area contributed by atoms with Gasteiger partial charge in [0.25, 0.3) is 0 Å². The zero-order chi connectivity index (χ0) is 16.9. The number of carboxylic acid groups (broad SMARTS) is 1. The van der Waals surface area contributed by atoms with Crippen molar-refractivity contribution >= 4 is 85.3 Å². The van der Waals surface area contributed by atoms with Gasteiger partial charge in [0.2, 0.25) is 5.91 Å². The Morgan fingerprint density at radius 3 is 2.30 bits per heavy atom. The maximum absolute atomic E-state index is 11.9. The van der Waals surface area contributed by atoms with E-state index in [-0.39, 0.29) is 47.8 Å². The van der Waals surface area contributed by atoms with Gasteiger partial charge in [0.15, 0.2) is 0 Å². The molecule has 4 nitrogen and oxygen atoms in total. The van der Waals surface area contributed by atoms with Crippen LogP contribution in [0.15, 0.2) is 6.07 Å². The smallest absolute Gasteiger partial charge is 0.550 e. The minimum Gasteiger partial charge on any atom is -0.550 e. The molecule has 0 heterocycles. The molecule has 0 spiro atoms. The Morgan fingerprint density at radius 2 is 1.83 bits per heavy atom. The number of hydrogen-bond donors (Lipinski definition) is 1. The Bertz CT molecular complexity index is 582. The van der Waals surface area contributed by atoms with Gasteiger partial charge in [0.1, 0.15) is 0 Å². The molecular formula is C15H17I3NNaO3. The van der Waals surface area contributed by atoms with Crippen molar-refractivity contribution < 1.29 is 44.3 Å². The Hall–Kier alpha value is 1.35. The van der Waals surface area contributed by atoms with Crippen molar-refractivity contribution in [3.05, 3.63) is 22.3 Å². The van der Waals surface area contributed by atoms with Crippen LogP contribution in [-0.4, -0.2) is 11.9 Å². The minimum absolute atomic E-state index is 0. The standard InChI is InChI=1S/C15H18I3NO3.Na/c1-3-5-11(20)19-15-10(17)7-9(16)13(14(15)18)8(4-2)6-12(21)22;/h7-8H,3-6H2,1-2H3,(H,19,20)(H,21,22);/q;+1/p-1. The molecule has 0 saturated carbocycles. The molecule has 1 N–H and O–H groups in total. The minimum atomic E-state index is -1.05. The van der Waals surface area contributed by atoms with Crippen LogP contribution in [-0.2, 0) is 9.59 Å². The summed E-state index contributed by atoms with van der Waals surface area (Å²) in [6, 6.07) is 1.98. The summed E-state index contributed by atoms with van der Waals surface area (Å²) in [6.07, 6.45) is 1.97. The maximum Gasteiger partial charge on any atom is 1.00 e. The molecule has 0 fully saturated rings. The van der Waals surface area contributed by atoms with Crippen LogP contribution in [0.1, 0.15) is 51.0 Å². The second-order valence-corrected chi connectivity index (χ2v) is 8.33. The summed E-state index contributed by atoms with van der Waals surface area (Å²) >= 11 is 6.63. The molecule has 1 unspecified atom stereocenters. The number of amides is 1. The van der Waals surface area contributed by atoms with Crippen molar-refractivity contribution in [1.82, 2.24) is 0 Å². The van der Waals surface area contributed by atoms with Crippen molar-refractivity contribution in [3.8, 4) is 0 Å². The van der Waals surface area contributed by atoms with Gasteiger partial charge in [-0.05, 0) is 105 Å². The molecule has 1 aromatic rings. The van der Waals surface area contributed by atoms with Crippen LogP contribution in [0.2, 0.25) is 0 Å². The van der Waals surface area contributed by atoms with Gasteiger partial charge >= 0.3 is 29.6 Å². The molecule has 8 heteroatoms. The molecule has 122 valence electrons. The van der Waals surface area contributed by atoms with Crippen molar-refractivity contribution in [3.63, 3.8) is 0 Å². The average molecular weight is 663 g/mol. The van der Waals surface area contributed by atoms with E-state index in [0.29, 0.717) is 12.8 Å². The van der Waals surface area contributed by atoms with Crippen LogP contribution in [0.3, 0.4) is 0 Å².